The highest BCUT2D eigenvalue weighted by Gasteiger charge is 2.33. The number of rotatable bonds is 5. The molecule has 1 N–H and O–H groups in total. The van der Waals surface area contributed by atoms with E-state index in [1.165, 1.54) is 18.4 Å². The van der Waals surface area contributed by atoms with Crippen molar-refractivity contribution < 1.29 is 18.7 Å². The van der Waals surface area contributed by atoms with Crippen LogP contribution < -0.4 is 10.1 Å². The average Bonchev–Trinajstić information content (AvgIpc) is 3.12. The molecule has 1 aliphatic carbocycles. The number of aryl methyl sites for hydroxylation is 1. The van der Waals surface area contributed by atoms with Gasteiger partial charge in [0.25, 0.3) is 0 Å². The van der Waals surface area contributed by atoms with Gasteiger partial charge in [-0.1, -0.05) is 0 Å². The smallest absolute Gasteiger partial charge is 0.409 e. The largest absolute Gasteiger partial charge is 0.470 e. The van der Waals surface area contributed by atoms with Crippen molar-refractivity contribution in [2.24, 2.45) is 0 Å². The van der Waals surface area contributed by atoms with Gasteiger partial charge in [-0.15, -0.1) is 11.3 Å². The third kappa shape index (κ3) is 4.75. The number of hydrogen-bond acceptors (Lipinski definition) is 8. The predicted octanol–water partition coefficient (Wildman–Crippen LogP) is 3.43. The van der Waals surface area contributed by atoms with Crippen LogP contribution in [0.15, 0.2) is 11.4 Å². The third-order valence-corrected chi connectivity index (χ3v) is 6.05. The van der Waals surface area contributed by atoms with E-state index in [0.717, 1.165) is 18.5 Å². The van der Waals surface area contributed by atoms with E-state index < -0.39 is 6.17 Å². The van der Waals surface area contributed by atoms with Crippen LogP contribution in [0.2, 0.25) is 0 Å². The van der Waals surface area contributed by atoms with Crippen LogP contribution in [0.5, 0.6) is 5.88 Å². The van der Waals surface area contributed by atoms with Crippen molar-refractivity contribution in [1.29, 1.82) is 0 Å². The normalized spacial score (nSPS) is 22.1. The molecule has 2 aromatic rings. The molecule has 1 saturated carbocycles. The van der Waals surface area contributed by atoms with Crippen molar-refractivity contribution in [2.75, 3.05) is 25.5 Å². The van der Waals surface area contributed by atoms with Crippen LogP contribution in [0.4, 0.5) is 15.0 Å². The maximum Gasteiger partial charge on any atom is 0.409 e. The van der Waals surface area contributed by atoms with Crippen molar-refractivity contribution >= 4 is 23.2 Å². The van der Waals surface area contributed by atoms with Crippen molar-refractivity contribution in [1.82, 2.24) is 19.9 Å². The van der Waals surface area contributed by atoms with E-state index >= 15 is 0 Å². The van der Waals surface area contributed by atoms with Gasteiger partial charge in [0.1, 0.15) is 18.1 Å². The molecule has 0 unspecified atom stereocenters. The molecular weight excluding hydrogens is 397 g/mol. The SMILES string of the molecule is COC(=O)N1CC(Oc2cc(NC3CCC(F)CC3)nc(-c3nc(C)cs3)n2)C1. The molecule has 2 aliphatic rings. The molecule has 0 aromatic carbocycles. The van der Waals surface area contributed by atoms with Crippen molar-refractivity contribution in [3.05, 3.63) is 17.1 Å². The van der Waals surface area contributed by atoms with Gasteiger partial charge in [-0.25, -0.2) is 19.2 Å². The van der Waals surface area contributed by atoms with Crippen molar-refractivity contribution in [2.45, 2.75) is 50.9 Å². The molecule has 0 bridgehead atoms. The molecule has 1 amide bonds. The number of carbonyl (C=O) groups is 1. The molecule has 0 radical (unpaired) electrons. The number of ether oxygens (including phenoxy) is 2. The summed E-state index contributed by atoms with van der Waals surface area (Å²) < 4.78 is 24.1. The lowest BCUT2D eigenvalue weighted by Crippen LogP contribution is -2.56. The predicted molar refractivity (Wildman–Crippen MR) is 107 cm³/mol. The van der Waals surface area contributed by atoms with Gasteiger partial charge >= 0.3 is 6.09 Å². The van der Waals surface area contributed by atoms with E-state index in [2.05, 4.69) is 20.3 Å². The molecule has 156 valence electrons. The van der Waals surface area contributed by atoms with Crippen LogP contribution in [-0.4, -0.2) is 64.5 Å². The quantitative estimate of drug-likeness (QED) is 0.791. The van der Waals surface area contributed by atoms with E-state index in [1.54, 1.807) is 11.0 Å². The minimum atomic E-state index is -0.706. The van der Waals surface area contributed by atoms with Crippen molar-refractivity contribution in [3.63, 3.8) is 0 Å². The minimum Gasteiger partial charge on any atom is -0.470 e. The van der Waals surface area contributed by atoms with E-state index in [9.17, 15) is 9.18 Å². The van der Waals surface area contributed by atoms with E-state index in [0.29, 0.717) is 48.5 Å². The number of hydrogen-bond donors (Lipinski definition) is 1. The van der Waals surface area contributed by atoms with Crippen LogP contribution in [-0.2, 0) is 4.74 Å². The van der Waals surface area contributed by atoms with Crippen molar-refractivity contribution in [3.8, 4) is 16.7 Å². The number of likely N-dealkylation sites (tertiary alicyclic amines) is 1. The topological polar surface area (TPSA) is 89.5 Å². The van der Waals surface area contributed by atoms with Gasteiger partial charge in [0.2, 0.25) is 5.88 Å². The summed E-state index contributed by atoms with van der Waals surface area (Å²) in [4.78, 5) is 26.7. The Hall–Kier alpha value is -2.49. The highest BCUT2D eigenvalue weighted by atomic mass is 32.1. The number of thiazole rings is 1. The molecule has 2 fully saturated rings. The monoisotopic (exact) mass is 421 g/mol. The average molecular weight is 421 g/mol. The second kappa shape index (κ2) is 8.48. The van der Waals surface area contributed by atoms with Gasteiger partial charge < -0.3 is 19.7 Å². The van der Waals surface area contributed by atoms with Crippen LogP contribution in [0.1, 0.15) is 31.4 Å². The fraction of sp³-hybridized carbons (Fsp3) is 0.579. The van der Waals surface area contributed by atoms with Crippen LogP contribution >= 0.6 is 11.3 Å². The number of nitrogens with zero attached hydrogens (tertiary/aromatic N) is 4. The van der Waals surface area contributed by atoms with Crippen LogP contribution in [0.25, 0.3) is 10.8 Å². The first-order chi connectivity index (χ1) is 14.0. The zero-order valence-electron chi connectivity index (χ0n) is 16.4. The lowest BCUT2D eigenvalue weighted by atomic mass is 9.94. The molecule has 3 heterocycles. The van der Waals surface area contributed by atoms with E-state index in [4.69, 9.17) is 9.47 Å². The first kappa shape index (κ1) is 19.8. The number of amides is 1. The molecule has 1 aliphatic heterocycles. The molecule has 0 atom stereocenters. The summed E-state index contributed by atoms with van der Waals surface area (Å²) in [5.74, 6) is 1.56. The Balaban J connectivity index is 1.50. The Morgan fingerprint density at radius 3 is 2.66 bits per heavy atom. The van der Waals surface area contributed by atoms with Gasteiger partial charge in [0.05, 0.1) is 20.2 Å². The number of halogens is 1. The minimum absolute atomic E-state index is 0.148. The zero-order chi connectivity index (χ0) is 20.4. The molecule has 2 aromatic heterocycles. The third-order valence-electron chi connectivity index (χ3n) is 5.09. The van der Waals surface area contributed by atoms with Gasteiger partial charge in [-0.05, 0) is 32.6 Å². The molecule has 29 heavy (non-hydrogen) atoms. The van der Waals surface area contributed by atoms with Gasteiger partial charge in [-0.2, -0.15) is 4.98 Å². The number of aromatic nitrogens is 3. The summed E-state index contributed by atoms with van der Waals surface area (Å²) in [5.41, 5.74) is 0.906. The number of alkyl halides is 1. The summed E-state index contributed by atoms with van der Waals surface area (Å²) in [6.07, 6.45) is 1.45. The van der Waals surface area contributed by atoms with E-state index in [-0.39, 0.29) is 18.2 Å². The first-order valence-corrected chi connectivity index (χ1v) is 10.6. The lowest BCUT2D eigenvalue weighted by molar-refractivity contribution is 0.0161. The van der Waals surface area contributed by atoms with Crippen LogP contribution in [0.3, 0.4) is 0 Å². The van der Waals surface area contributed by atoms with Crippen LogP contribution in [0, 0.1) is 6.92 Å². The molecule has 1 saturated heterocycles. The fourth-order valence-electron chi connectivity index (χ4n) is 3.48. The summed E-state index contributed by atoms with van der Waals surface area (Å²) in [7, 11) is 1.36. The molecule has 4 rings (SSSR count). The highest BCUT2D eigenvalue weighted by molar-refractivity contribution is 7.13. The second-order valence-corrected chi connectivity index (χ2v) is 8.28. The lowest BCUT2D eigenvalue weighted by Gasteiger charge is -2.37. The molecule has 8 nitrogen and oxygen atoms in total. The zero-order valence-corrected chi connectivity index (χ0v) is 17.2. The molecule has 0 spiro atoms. The maximum atomic E-state index is 13.4. The summed E-state index contributed by atoms with van der Waals surface area (Å²) in [6, 6.07) is 1.93. The number of nitrogens with one attached hydrogen (secondary N) is 1. The number of methoxy groups -OCH3 is 1. The Bertz CT molecular complexity index is 865. The highest BCUT2D eigenvalue weighted by Crippen LogP contribution is 2.28. The molecule has 10 heteroatoms. The number of carbonyl (C=O) groups excluding carboxylic acids is 1. The summed E-state index contributed by atoms with van der Waals surface area (Å²) in [6.45, 7) is 2.82. The Labute approximate surface area is 172 Å². The standard InChI is InChI=1S/C19H24FN5O3S/c1-11-10-29-18(21-11)17-23-15(22-13-5-3-12(20)4-6-13)7-16(24-17)28-14-8-25(9-14)19(26)27-2/h7,10,12-14H,3-6,8-9H2,1-2H3,(H,22,23,24). The van der Waals surface area contributed by atoms with Gasteiger partial charge in [0.15, 0.2) is 10.8 Å². The Kier molecular flexibility index (Phi) is 5.79. The Morgan fingerprint density at radius 1 is 1.24 bits per heavy atom. The first-order valence-electron chi connectivity index (χ1n) is 9.72. The fourth-order valence-corrected chi connectivity index (χ4v) is 4.21. The van der Waals surface area contributed by atoms with Gasteiger partial charge in [-0.3, -0.25) is 0 Å². The summed E-state index contributed by atoms with van der Waals surface area (Å²) >= 11 is 1.47. The number of anilines is 1. The van der Waals surface area contributed by atoms with E-state index in [1.807, 2.05) is 12.3 Å². The van der Waals surface area contributed by atoms with Gasteiger partial charge in [0, 0.05) is 23.2 Å². The maximum absolute atomic E-state index is 13.4. The summed E-state index contributed by atoms with van der Waals surface area (Å²) in [5, 5.41) is 6.06. The second-order valence-electron chi connectivity index (χ2n) is 7.42. The Morgan fingerprint density at radius 2 is 2.00 bits per heavy atom. The molecular formula is C19H24FN5O3S.